The fraction of sp³-hybridized carbons (Fsp3) is 0.923. The molecule has 5 heteroatoms. The van der Waals surface area contributed by atoms with E-state index in [2.05, 4.69) is 33.9 Å². The molecule has 0 unspecified atom stereocenters. The molecular formula is C13H26O4Si. The van der Waals surface area contributed by atoms with Gasteiger partial charge in [-0.05, 0) is 25.1 Å². The minimum Gasteiger partial charge on any atom is -0.435 e. The smallest absolute Gasteiger partial charge is 0.313 e. The van der Waals surface area contributed by atoms with Crippen molar-refractivity contribution in [1.29, 1.82) is 0 Å². The summed E-state index contributed by atoms with van der Waals surface area (Å²) < 4.78 is 16.5. The van der Waals surface area contributed by atoms with E-state index in [9.17, 15) is 4.79 Å². The molecule has 0 spiro atoms. The molecule has 106 valence electrons. The lowest BCUT2D eigenvalue weighted by atomic mass is 10.1. The van der Waals surface area contributed by atoms with Gasteiger partial charge in [0.25, 0.3) is 0 Å². The van der Waals surface area contributed by atoms with Gasteiger partial charge in [-0.1, -0.05) is 20.8 Å². The van der Waals surface area contributed by atoms with Gasteiger partial charge < -0.3 is 13.9 Å². The molecular weight excluding hydrogens is 248 g/mol. The molecule has 0 bridgehead atoms. The minimum atomic E-state index is -1.79. The average molecular weight is 274 g/mol. The number of hydrogen-bond acceptors (Lipinski definition) is 4. The first-order valence-corrected chi connectivity index (χ1v) is 9.54. The lowest BCUT2D eigenvalue weighted by Crippen LogP contribution is -2.42. The van der Waals surface area contributed by atoms with Crippen molar-refractivity contribution in [3.8, 4) is 0 Å². The lowest BCUT2D eigenvalue weighted by Gasteiger charge is -2.36. The van der Waals surface area contributed by atoms with Crippen LogP contribution in [0.25, 0.3) is 0 Å². The molecule has 1 saturated heterocycles. The van der Waals surface area contributed by atoms with Crippen molar-refractivity contribution in [1.82, 2.24) is 0 Å². The molecule has 0 N–H and O–H groups in total. The molecule has 0 amide bonds. The van der Waals surface area contributed by atoms with Crippen molar-refractivity contribution in [3.05, 3.63) is 0 Å². The monoisotopic (exact) mass is 274 g/mol. The van der Waals surface area contributed by atoms with Gasteiger partial charge in [0.1, 0.15) is 0 Å². The first-order chi connectivity index (χ1) is 8.17. The molecule has 2 atom stereocenters. The van der Waals surface area contributed by atoms with Gasteiger partial charge in [0.05, 0.1) is 5.92 Å². The second kappa shape index (κ2) is 5.71. The molecule has 0 aromatic rings. The Morgan fingerprint density at radius 2 is 2.00 bits per heavy atom. The zero-order valence-corrected chi connectivity index (χ0v) is 13.4. The molecule has 0 aromatic heterocycles. The summed E-state index contributed by atoms with van der Waals surface area (Å²) in [6, 6.07) is 0. The van der Waals surface area contributed by atoms with Crippen LogP contribution in [0.3, 0.4) is 0 Å². The normalized spacial score (nSPS) is 25.3. The molecule has 4 nitrogen and oxygen atoms in total. The van der Waals surface area contributed by atoms with Crippen LogP contribution in [0, 0.1) is 5.92 Å². The van der Waals surface area contributed by atoms with Crippen LogP contribution in [-0.4, -0.2) is 33.8 Å². The van der Waals surface area contributed by atoms with E-state index in [4.69, 9.17) is 13.9 Å². The van der Waals surface area contributed by atoms with Crippen molar-refractivity contribution in [2.24, 2.45) is 5.92 Å². The van der Waals surface area contributed by atoms with E-state index in [-0.39, 0.29) is 23.2 Å². The number of rotatable bonds is 5. The lowest BCUT2D eigenvalue weighted by molar-refractivity contribution is -0.162. The summed E-state index contributed by atoms with van der Waals surface area (Å²) in [7, 11) is -1.79. The number of carbonyl (C=O) groups excluding carboxylic acids is 1. The number of cyclic esters (lactones) is 1. The number of hydrogen-bond donors (Lipinski definition) is 0. The summed E-state index contributed by atoms with van der Waals surface area (Å²) >= 11 is 0. The van der Waals surface area contributed by atoms with Crippen LogP contribution in [0.2, 0.25) is 18.1 Å². The Morgan fingerprint density at radius 1 is 1.39 bits per heavy atom. The van der Waals surface area contributed by atoms with E-state index in [0.717, 1.165) is 0 Å². The molecule has 0 saturated carbocycles. The van der Waals surface area contributed by atoms with E-state index >= 15 is 0 Å². The maximum Gasteiger partial charge on any atom is 0.313 e. The van der Waals surface area contributed by atoms with E-state index < -0.39 is 8.32 Å². The summed E-state index contributed by atoms with van der Waals surface area (Å²) in [5.41, 5.74) is 0. The second-order valence-electron chi connectivity index (χ2n) is 6.33. The van der Waals surface area contributed by atoms with Crippen LogP contribution < -0.4 is 0 Å². The predicted octanol–water partition coefficient (Wildman–Crippen LogP) is 2.93. The van der Waals surface area contributed by atoms with E-state index in [1.54, 1.807) is 0 Å². The quantitative estimate of drug-likeness (QED) is 0.571. The first-order valence-electron chi connectivity index (χ1n) is 6.63. The molecule has 1 heterocycles. The van der Waals surface area contributed by atoms with Gasteiger partial charge >= 0.3 is 5.97 Å². The van der Waals surface area contributed by atoms with Gasteiger partial charge in [0.2, 0.25) is 6.29 Å². The van der Waals surface area contributed by atoms with Crippen LogP contribution in [0.15, 0.2) is 0 Å². The molecule has 0 aromatic carbocycles. The van der Waals surface area contributed by atoms with E-state index in [1.807, 2.05) is 6.92 Å². The predicted molar refractivity (Wildman–Crippen MR) is 72.8 cm³/mol. The van der Waals surface area contributed by atoms with Crippen molar-refractivity contribution in [2.75, 3.05) is 13.2 Å². The average Bonchev–Trinajstić information content (AvgIpc) is 2.55. The summed E-state index contributed by atoms with van der Waals surface area (Å²) in [5.74, 6) is -0.358. The van der Waals surface area contributed by atoms with Crippen molar-refractivity contribution >= 4 is 14.3 Å². The molecule has 0 radical (unpaired) electrons. The molecule has 1 fully saturated rings. The Kier molecular flexibility index (Phi) is 4.97. The fourth-order valence-corrected chi connectivity index (χ4v) is 2.60. The highest BCUT2D eigenvalue weighted by atomic mass is 28.4. The van der Waals surface area contributed by atoms with Crippen molar-refractivity contribution in [3.63, 3.8) is 0 Å². The zero-order chi connectivity index (χ0) is 14.0. The van der Waals surface area contributed by atoms with Gasteiger partial charge in [-0.15, -0.1) is 0 Å². The summed E-state index contributed by atoms with van der Waals surface area (Å²) in [4.78, 5) is 11.7. The number of esters is 1. The third-order valence-electron chi connectivity index (χ3n) is 3.86. The third kappa shape index (κ3) is 3.80. The van der Waals surface area contributed by atoms with Gasteiger partial charge in [-0.2, -0.15) is 0 Å². The van der Waals surface area contributed by atoms with Crippen LogP contribution in [-0.2, 0) is 18.7 Å². The maximum atomic E-state index is 11.7. The highest BCUT2D eigenvalue weighted by Gasteiger charge is 2.41. The Balaban J connectivity index is 2.47. The SMILES string of the molecule is CCO[C@@H]1C[C@@H](CO[Si](C)(C)C(C)(C)C)C(=O)O1. The van der Waals surface area contributed by atoms with Crippen molar-refractivity contribution in [2.45, 2.75) is 58.5 Å². The second-order valence-corrected chi connectivity index (χ2v) is 11.1. The van der Waals surface area contributed by atoms with Gasteiger partial charge in [0, 0.05) is 19.6 Å². The molecule has 0 aliphatic carbocycles. The molecule has 1 aliphatic heterocycles. The zero-order valence-electron chi connectivity index (χ0n) is 12.4. The Labute approximate surface area is 111 Å². The van der Waals surface area contributed by atoms with Crippen molar-refractivity contribution < 1.29 is 18.7 Å². The number of carbonyl (C=O) groups is 1. The fourth-order valence-electron chi connectivity index (χ4n) is 1.55. The largest absolute Gasteiger partial charge is 0.435 e. The Bertz CT molecular complexity index is 296. The topological polar surface area (TPSA) is 44.8 Å². The molecule has 18 heavy (non-hydrogen) atoms. The van der Waals surface area contributed by atoms with Gasteiger partial charge in [-0.25, -0.2) is 0 Å². The maximum absolute atomic E-state index is 11.7. The first kappa shape index (κ1) is 15.7. The molecule has 1 aliphatic rings. The van der Waals surface area contributed by atoms with E-state index in [0.29, 0.717) is 19.6 Å². The van der Waals surface area contributed by atoms with Crippen LogP contribution in [0.5, 0.6) is 0 Å². The van der Waals surface area contributed by atoms with Crippen LogP contribution in [0.1, 0.15) is 34.1 Å². The van der Waals surface area contributed by atoms with Crippen LogP contribution >= 0.6 is 0 Å². The van der Waals surface area contributed by atoms with Crippen LogP contribution in [0.4, 0.5) is 0 Å². The summed E-state index contributed by atoms with van der Waals surface area (Å²) in [6.45, 7) is 13.9. The summed E-state index contributed by atoms with van der Waals surface area (Å²) in [5, 5.41) is 0.162. The van der Waals surface area contributed by atoms with Gasteiger partial charge in [-0.3, -0.25) is 4.79 Å². The highest BCUT2D eigenvalue weighted by molar-refractivity contribution is 6.74. The Hall–Kier alpha value is -0.393. The van der Waals surface area contributed by atoms with E-state index in [1.165, 1.54) is 0 Å². The van der Waals surface area contributed by atoms with Gasteiger partial charge in [0.15, 0.2) is 8.32 Å². The standard InChI is InChI=1S/C13H26O4Si/c1-7-15-11-8-10(12(14)17-11)9-16-18(5,6)13(2,3)4/h10-11H,7-9H2,1-6H3/t10-,11-/m0/s1. The third-order valence-corrected chi connectivity index (χ3v) is 8.36. The number of ether oxygens (including phenoxy) is 2. The highest BCUT2D eigenvalue weighted by Crippen LogP contribution is 2.37. The molecule has 1 rings (SSSR count). The minimum absolute atomic E-state index is 0.162. The Morgan fingerprint density at radius 3 is 2.50 bits per heavy atom. The summed E-state index contributed by atoms with van der Waals surface area (Å²) in [6.07, 6.45) is 0.233.